The largest absolute Gasteiger partial charge is 0.370 e. The molecule has 0 amide bonds. The van der Waals surface area contributed by atoms with E-state index < -0.39 is 0 Å². The number of nitrogens with two attached hydrogens (primary N) is 1. The molecule has 18 heavy (non-hydrogen) atoms. The molecule has 0 unspecified atom stereocenters. The van der Waals surface area contributed by atoms with Crippen molar-refractivity contribution in [1.29, 1.82) is 0 Å². The molecule has 2 rings (SSSR count). The second-order valence-corrected chi connectivity index (χ2v) is 5.30. The number of hydrazine groups is 1. The van der Waals surface area contributed by atoms with Crippen LogP contribution in [-0.2, 0) is 0 Å². The van der Waals surface area contributed by atoms with Crippen LogP contribution in [0, 0.1) is 5.92 Å². The molecule has 100 valence electrons. The Bertz CT molecular complexity index is 387. The lowest BCUT2D eigenvalue weighted by Gasteiger charge is -2.16. The third-order valence-corrected chi connectivity index (χ3v) is 3.38. The molecule has 1 aliphatic rings. The van der Waals surface area contributed by atoms with Crippen molar-refractivity contribution in [2.24, 2.45) is 11.8 Å². The number of hydrogen-bond donors (Lipinski definition) is 3. The van der Waals surface area contributed by atoms with Gasteiger partial charge in [0, 0.05) is 12.1 Å². The van der Waals surface area contributed by atoms with Crippen LogP contribution < -0.4 is 16.6 Å². The minimum absolute atomic E-state index is 0.336. The molecule has 5 nitrogen and oxygen atoms in total. The van der Waals surface area contributed by atoms with Crippen molar-refractivity contribution < 1.29 is 0 Å². The number of nitrogens with zero attached hydrogens (tertiary/aromatic N) is 2. The van der Waals surface area contributed by atoms with Gasteiger partial charge in [0.05, 0.1) is 0 Å². The average molecular weight is 249 g/mol. The number of hydrogen-bond acceptors (Lipinski definition) is 5. The van der Waals surface area contributed by atoms with Crippen molar-refractivity contribution in [1.82, 2.24) is 9.97 Å². The Hall–Kier alpha value is -1.36. The summed E-state index contributed by atoms with van der Waals surface area (Å²) in [7, 11) is 0. The summed E-state index contributed by atoms with van der Waals surface area (Å²) in [5, 5.41) is 3.41. The minimum Gasteiger partial charge on any atom is -0.370 e. The van der Waals surface area contributed by atoms with Crippen LogP contribution >= 0.6 is 0 Å². The predicted octanol–water partition coefficient (Wildman–Crippen LogP) is 2.49. The monoisotopic (exact) mass is 249 g/mol. The molecular formula is C13H23N5. The second kappa shape index (κ2) is 6.00. The lowest BCUT2D eigenvalue weighted by Crippen LogP contribution is -2.15. The van der Waals surface area contributed by atoms with Gasteiger partial charge < -0.3 is 10.7 Å². The van der Waals surface area contributed by atoms with E-state index in [0.717, 1.165) is 23.8 Å². The molecule has 1 heterocycles. The van der Waals surface area contributed by atoms with Crippen molar-refractivity contribution in [3.8, 4) is 0 Å². The molecule has 0 radical (unpaired) electrons. The van der Waals surface area contributed by atoms with Crippen LogP contribution in [0.25, 0.3) is 0 Å². The van der Waals surface area contributed by atoms with Gasteiger partial charge in [0.25, 0.3) is 0 Å². The second-order valence-electron chi connectivity index (χ2n) is 5.30. The summed E-state index contributed by atoms with van der Waals surface area (Å²) in [6.07, 6.45) is 6.93. The summed E-state index contributed by atoms with van der Waals surface area (Å²) in [5.74, 6) is 8.44. The van der Waals surface area contributed by atoms with Crippen molar-refractivity contribution in [2.45, 2.75) is 45.4 Å². The van der Waals surface area contributed by atoms with Gasteiger partial charge in [-0.15, -0.1) is 0 Å². The first-order valence-corrected chi connectivity index (χ1v) is 6.77. The van der Waals surface area contributed by atoms with Crippen molar-refractivity contribution in [2.75, 3.05) is 17.3 Å². The van der Waals surface area contributed by atoms with Gasteiger partial charge in [-0.3, -0.25) is 0 Å². The van der Waals surface area contributed by atoms with Gasteiger partial charge in [0.2, 0.25) is 0 Å². The predicted molar refractivity (Wildman–Crippen MR) is 74.4 cm³/mol. The Kier molecular flexibility index (Phi) is 4.36. The minimum atomic E-state index is 0.336. The normalized spacial score (nSPS) is 14.9. The maximum absolute atomic E-state index is 5.49. The topological polar surface area (TPSA) is 75.9 Å². The van der Waals surface area contributed by atoms with E-state index in [1.165, 1.54) is 25.7 Å². The molecular weight excluding hydrogens is 226 g/mol. The van der Waals surface area contributed by atoms with Gasteiger partial charge in [-0.2, -0.15) is 0 Å². The van der Waals surface area contributed by atoms with Crippen LogP contribution in [0.15, 0.2) is 6.33 Å². The van der Waals surface area contributed by atoms with E-state index in [1.807, 2.05) is 0 Å². The van der Waals surface area contributed by atoms with Gasteiger partial charge in [-0.1, -0.05) is 26.7 Å². The first-order chi connectivity index (χ1) is 8.72. The van der Waals surface area contributed by atoms with E-state index in [4.69, 9.17) is 5.84 Å². The van der Waals surface area contributed by atoms with E-state index in [9.17, 15) is 0 Å². The molecule has 5 heteroatoms. The first-order valence-electron chi connectivity index (χ1n) is 6.77. The summed E-state index contributed by atoms with van der Waals surface area (Å²) < 4.78 is 0. The fourth-order valence-corrected chi connectivity index (χ4v) is 2.20. The van der Waals surface area contributed by atoms with E-state index in [1.54, 1.807) is 6.33 Å². The summed E-state index contributed by atoms with van der Waals surface area (Å²) in [6.45, 7) is 5.21. The first kappa shape index (κ1) is 13.1. The Balaban J connectivity index is 1.96. The summed E-state index contributed by atoms with van der Waals surface area (Å²) in [6, 6.07) is 0. The van der Waals surface area contributed by atoms with Crippen LogP contribution in [-0.4, -0.2) is 16.5 Å². The lowest BCUT2D eigenvalue weighted by molar-refractivity contribution is 0.685. The standard InChI is InChI=1S/C13H23N5/c1-9(2)11-12(16-8-17-13(11)18-14)15-7-3-4-10-5-6-10/h8-10H,3-7,14H2,1-2H3,(H2,15,16,17,18). The molecule has 1 aromatic rings. The van der Waals surface area contributed by atoms with Gasteiger partial charge in [-0.25, -0.2) is 15.8 Å². The molecule has 4 N–H and O–H groups in total. The number of nitrogens with one attached hydrogen (secondary N) is 2. The number of anilines is 2. The molecule has 0 bridgehead atoms. The van der Waals surface area contributed by atoms with Gasteiger partial charge in [-0.05, 0) is 24.7 Å². The molecule has 0 spiro atoms. The van der Waals surface area contributed by atoms with Crippen LogP contribution in [0.1, 0.15) is 51.0 Å². The lowest BCUT2D eigenvalue weighted by atomic mass is 10.0. The van der Waals surface area contributed by atoms with Gasteiger partial charge >= 0.3 is 0 Å². The molecule has 0 atom stereocenters. The van der Waals surface area contributed by atoms with E-state index >= 15 is 0 Å². The quantitative estimate of drug-likeness (QED) is 0.393. The maximum Gasteiger partial charge on any atom is 0.148 e. The average Bonchev–Trinajstić information content (AvgIpc) is 3.18. The number of aromatic nitrogens is 2. The molecule has 1 saturated carbocycles. The Morgan fingerprint density at radius 1 is 1.33 bits per heavy atom. The third-order valence-electron chi connectivity index (χ3n) is 3.38. The Morgan fingerprint density at radius 2 is 2.06 bits per heavy atom. The Labute approximate surface area is 109 Å². The zero-order chi connectivity index (χ0) is 13.0. The molecule has 0 aliphatic heterocycles. The Morgan fingerprint density at radius 3 is 2.67 bits per heavy atom. The van der Waals surface area contributed by atoms with E-state index in [0.29, 0.717) is 11.7 Å². The third kappa shape index (κ3) is 3.32. The number of rotatable bonds is 7. The fraction of sp³-hybridized carbons (Fsp3) is 0.692. The molecule has 0 aromatic carbocycles. The summed E-state index contributed by atoms with van der Waals surface area (Å²) in [4.78, 5) is 8.48. The van der Waals surface area contributed by atoms with Crippen molar-refractivity contribution in [3.05, 3.63) is 11.9 Å². The highest BCUT2D eigenvalue weighted by Crippen LogP contribution is 2.33. The SMILES string of the molecule is CC(C)c1c(NN)ncnc1NCCCC1CC1. The zero-order valence-corrected chi connectivity index (χ0v) is 11.2. The van der Waals surface area contributed by atoms with E-state index in [2.05, 4.69) is 34.6 Å². The molecule has 0 saturated heterocycles. The molecule has 1 fully saturated rings. The fourth-order valence-electron chi connectivity index (χ4n) is 2.20. The van der Waals surface area contributed by atoms with Crippen molar-refractivity contribution in [3.63, 3.8) is 0 Å². The van der Waals surface area contributed by atoms with Crippen LogP contribution in [0.5, 0.6) is 0 Å². The molecule has 1 aromatic heterocycles. The van der Waals surface area contributed by atoms with Gasteiger partial charge in [0.15, 0.2) is 0 Å². The van der Waals surface area contributed by atoms with E-state index in [-0.39, 0.29) is 0 Å². The highest BCUT2D eigenvalue weighted by molar-refractivity contribution is 5.58. The zero-order valence-electron chi connectivity index (χ0n) is 11.2. The van der Waals surface area contributed by atoms with Crippen molar-refractivity contribution >= 4 is 11.6 Å². The smallest absolute Gasteiger partial charge is 0.148 e. The highest BCUT2D eigenvalue weighted by atomic mass is 15.3. The summed E-state index contributed by atoms with van der Waals surface area (Å²) in [5.41, 5.74) is 3.71. The summed E-state index contributed by atoms with van der Waals surface area (Å²) >= 11 is 0. The molecule has 1 aliphatic carbocycles. The van der Waals surface area contributed by atoms with Crippen LogP contribution in [0.4, 0.5) is 11.6 Å². The highest BCUT2D eigenvalue weighted by Gasteiger charge is 2.20. The number of nitrogen functional groups attached to an aromatic ring is 1. The van der Waals surface area contributed by atoms with Crippen LogP contribution in [0.2, 0.25) is 0 Å². The van der Waals surface area contributed by atoms with Gasteiger partial charge in [0.1, 0.15) is 18.0 Å². The maximum atomic E-state index is 5.49. The van der Waals surface area contributed by atoms with Crippen LogP contribution in [0.3, 0.4) is 0 Å².